The van der Waals surface area contributed by atoms with Gasteiger partial charge in [-0.3, -0.25) is 0 Å². The number of fused-ring (bicyclic) bond motifs is 10. The summed E-state index contributed by atoms with van der Waals surface area (Å²) in [6.45, 7) is 8.38. The van der Waals surface area contributed by atoms with Crippen molar-refractivity contribution < 1.29 is 4.42 Å². The van der Waals surface area contributed by atoms with Crippen molar-refractivity contribution in [2.24, 2.45) is 0 Å². The molecular formula is C44H24N4O. The number of para-hydroxylation sites is 3. The van der Waals surface area contributed by atoms with Crippen LogP contribution in [0.25, 0.3) is 92.9 Å². The number of furan rings is 1. The maximum Gasteiger partial charge on any atom is 0.212 e. The molecule has 0 spiro atoms. The van der Waals surface area contributed by atoms with Crippen LogP contribution in [0.2, 0.25) is 0 Å². The molecular weight excluding hydrogens is 601 g/mol. The van der Waals surface area contributed by atoms with Crippen LogP contribution in [0.4, 0.5) is 5.69 Å². The number of hydrogen-bond donors (Lipinski definition) is 0. The third-order valence-corrected chi connectivity index (χ3v) is 9.78. The molecule has 0 aliphatic carbocycles. The van der Waals surface area contributed by atoms with Crippen LogP contribution in [0.1, 0.15) is 5.56 Å². The first kappa shape index (κ1) is 27.1. The molecule has 0 saturated heterocycles. The van der Waals surface area contributed by atoms with Crippen LogP contribution in [-0.2, 0) is 0 Å². The van der Waals surface area contributed by atoms with Gasteiger partial charge in [0, 0.05) is 26.9 Å². The van der Waals surface area contributed by atoms with E-state index in [2.05, 4.69) is 92.8 Å². The van der Waals surface area contributed by atoms with Gasteiger partial charge in [0.25, 0.3) is 0 Å². The van der Waals surface area contributed by atoms with Gasteiger partial charge in [0.1, 0.15) is 17.2 Å². The van der Waals surface area contributed by atoms with E-state index in [1.807, 2.05) is 72.8 Å². The van der Waals surface area contributed by atoms with Crippen molar-refractivity contribution in [2.75, 3.05) is 0 Å². The van der Waals surface area contributed by atoms with Crippen LogP contribution in [0.15, 0.2) is 150 Å². The van der Waals surface area contributed by atoms with Crippen LogP contribution in [0, 0.1) is 17.9 Å². The van der Waals surface area contributed by atoms with Gasteiger partial charge in [-0.05, 0) is 65.7 Å². The molecule has 0 aliphatic heterocycles. The maximum atomic E-state index is 10.8. The first-order valence-corrected chi connectivity index (χ1v) is 16.1. The molecule has 0 bridgehead atoms. The van der Waals surface area contributed by atoms with Crippen molar-refractivity contribution in [3.63, 3.8) is 0 Å². The third-order valence-electron chi connectivity index (χ3n) is 9.78. The summed E-state index contributed by atoms with van der Waals surface area (Å²) in [7, 11) is 0. The smallest absolute Gasteiger partial charge is 0.212 e. The predicted octanol–water partition coefficient (Wildman–Crippen LogP) is 11.9. The monoisotopic (exact) mass is 624 g/mol. The van der Waals surface area contributed by atoms with Crippen molar-refractivity contribution >= 4 is 71.2 Å². The summed E-state index contributed by atoms with van der Waals surface area (Å²) in [4.78, 5) is 4.07. The minimum Gasteiger partial charge on any atom is -0.455 e. The van der Waals surface area contributed by atoms with Crippen LogP contribution < -0.4 is 0 Å². The van der Waals surface area contributed by atoms with E-state index in [1.165, 1.54) is 0 Å². The first-order chi connectivity index (χ1) is 24.2. The second-order valence-corrected chi connectivity index (χ2v) is 12.3. The average molecular weight is 625 g/mol. The van der Waals surface area contributed by atoms with E-state index in [9.17, 15) is 5.26 Å². The van der Waals surface area contributed by atoms with Crippen molar-refractivity contribution in [3.8, 4) is 28.6 Å². The highest BCUT2D eigenvalue weighted by Crippen LogP contribution is 2.44. The normalized spacial score (nSPS) is 11.6. The molecule has 0 amide bonds. The quantitative estimate of drug-likeness (QED) is 0.184. The Bertz CT molecular complexity index is 3020. The van der Waals surface area contributed by atoms with Crippen molar-refractivity contribution in [2.45, 2.75) is 0 Å². The fourth-order valence-electron chi connectivity index (χ4n) is 7.65. The molecule has 49 heavy (non-hydrogen) atoms. The standard InChI is InChI=1S/C44H24N4O/c1-46-35-25-40(29(26-45)24-41(35)47-36-16-8-5-13-30(36)31-14-6-9-17-37(31)47)48-38-21-19-28(27-11-3-2-4-12-27)23-34(38)43-39(48)22-20-33-32-15-7-10-18-42(32)49-44(33)43/h2-25H. The number of benzene rings is 7. The zero-order valence-corrected chi connectivity index (χ0v) is 26.1. The Morgan fingerprint density at radius 1 is 0.531 bits per heavy atom. The lowest BCUT2D eigenvalue weighted by Gasteiger charge is -2.16. The summed E-state index contributed by atoms with van der Waals surface area (Å²) < 4.78 is 10.8. The molecule has 5 nitrogen and oxygen atoms in total. The van der Waals surface area contributed by atoms with E-state index in [0.29, 0.717) is 22.6 Å². The van der Waals surface area contributed by atoms with Gasteiger partial charge in [-0.15, -0.1) is 0 Å². The Morgan fingerprint density at radius 3 is 1.90 bits per heavy atom. The Balaban J connectivity index is 1.31. The van der Waals surface area contributed by atoms with Gasteiger partial charge in [-0.1, -0.05) is 91.0 Å². The van der Waals surface area contributed by atoms with E-state index in [0.717, 1.165) is 76.7 Å². The second-order valence-electron chi connectivity index (χ2n) is 12.3. The Hall–Kier alpha value is -7.08. The molecule has 3 aromatic heterocycles. The topological polar surface area (TPSA) is 51.1 Å². The van der Waals surface area contributed by atoms with Crippen LogP contribution in [0.3, 0.4) is 0 Å². The van der Waals surface area contributed by atoms with E-state index in [-0.39, 0.29) is 0 Å². The Morgan fingerprint density at radius 2 is 1.16 bits per heavy atom. The number of aromatic nitrogens is 2. The SMILES string of the molecule is [C-]#[N+]c1cc(-n2c3ccc(-c4ccccc4)cc3c3c4oc5ccccc5c4ccc32)c(C#N)cc1-n1c2ccccc2c2ccccc21. The lowest BCUT2D eigenvalue weighted by molar-refractivity contribution is 0.673. The molecule has 0 radical (unpaired) electrons. The first-order valence-electron chi connectivity index (χ1n) is 16.1. The Kier molecular flexibility index (Phi) is 5.64. The molecule has 0 unspecified atom stereocenters. The van der Waals surface area contributed by atoms with Gasteiger partial charge in [-0.2, -0.15) is 5.26 Å². The molecule has 7 aromatic carbocycles. The van der Waals surface area contributed by atoms with Crippen LogP contribution in [0.5, 0.6) is 0 Å². The van der Waals surface area contributed by atoms with Crippen LogP contribution in [-0.4, -0.2) is 9.13 Å². The van der Waals surface area contributed by atoms with Gasteiger partial charge in [0.15, 0.2) is 0 Å². The molecule has 0 N–H and O–H groups in total. The summed E-state index contributed by atoms with van der Waals surface area (Å²) in [5.74, 6) is 0. The van der Waals surface area contributed by atoms with Gasteiger partial charge in [0.05, 0.1) is 51.0 Å². The zero-order chi connectivity index (χ0) is 32.6. The molecule has 0 atom stereocenters. The summed E-state index contributed by atoms with van der Waals surface area (Å²) >= 11 is 0. The predicted molar refractivity (Wildman–Crippen MR) is 199 cm³/mol. The van der Waals surface area contributed by atoms with Gasteiger partial charge >= 0.3 is 0 Å². The highest BCUT2D eigenvalue weighted by atomic mass is 16.3. The highest BCUT2D eigenvalue weighted by Gasteiger charge is 2.23. The lowest BCUT2D eigenvalue weighted by atomic mass is 10.0. The minimum absolute atomic E-state index is 0.459. The number of nitrogens with zero attached hydrogens (tertiary/aromatic N) is 4. The second kappa shape index (κ2) is 10.2. The third kappa shape index (κ3) is 3.79. The zero-order valence-electron chi connectivity index (χ0n) is 26.1. The number of rotatable bonds is 3. The van der Waals surface area contributed by atoms with E-state index >= 15 is 0 Å². The fourth-order valence-corrected chi connectivity index (χ4v) is 7.65. The molecule has 0 saturated carbocycles. The van der Waals surface area contributed by atoms with Gasteiger partial charge < -0.3 is 13.6 Å². The minimum atomic E-state index is 0.459. The summed E-state index contributed by atoms with van der Waals surface area (Å²) in [6, 6.07) is 51.8. The molecule has 226 valence electrons. The van der Waals surface area contributed by atoms with E-state index < -0.39 is 0 Å². The fraction of sp³-hybridized carbons (Fsp3) is 0. The van der Waals surface area contributed by atoms with Gasteiger partial charge in [0.2, 0.25) is 5.69 Å². The molecule has 0 aliphatic rings. The van der Waals surface area contributed by atoms with Crippen molar-refractivity contribution in [3.05, 3.63) is 163 Å². The van der Waals surface area contributed by atoms with Crippen molar-refractivity contribution in [1.29, 1.82) is 5.26 Å². The maximum absolute atomic E-state index is 10.8. The summed E-state index contributed by atoms with van der Waals surface area (Å²) in [6.07, 6.45) is 0. The molecule has 0 fully saturated rings. The molecule has 10 rings (SSSR count). The van der Waals surface area contributed by atoms with Crippen molar-refractivity contribution in [1.82, 2.24) is 9.13 Å². The number of nitriles is 1. The summed E-state index contributed by atoms with van der Waals surface area (Å²) in [5, 5.41) is 17.0. The highest BCUT2D eigenvalue weighted by molar-refractivity contribution is 6.24. The molecule has 5 heteroatoms. The van der Waals surface area contributed by atoms with Crippen LogP contribution >= 0.6 is 0 Å². The molecule has 10 aromatic rings. The summed E-state index contributed by atoms with van der Waals surface area (Å²) in [5.41, 5.74) is 9.91. The number of hydrogen-bond acceptors (Lipinski definition) is 2. The van der Waals surface area contributed by atoms with Gasteiger partial charge in [-0.25, -0.2) is 4.85 Å². The largest absolute Gasteiger partial charge is 0.455 e. The van der Waals surface area contributed by atoms with E-state index in [4.69, 9.17) is 11.0 Å². The molecule has 3 heterocycles. The average Bonchev–Trinajstić information content (AvgIpc) is 3.82. The van der Waals surface area contributed by atoms with E-state index in [1.54, 1.807) is 0 Å². The lowest BCUT2D eigenvalue weighted by Crippen LogP contribution is -2.01. The Labute approximate surface area is 280 Å².